The molecule has 94 valence electrons. The van der Waals surface area contributed by atoms with Gasteiger partial charge in [-0.2, -0.15) is 0 Å². The molecule has 0 saturated heterocycles. The minimum Gasteiger partial charge on any atom is -0.306 e. The van der Waals surface area contributed by atoms with Crippen molar-refractivity contribution >= 4 is 27.5 Å². The van der Waals surface area contributed by atoms with Gasteiger partial charge in [-0.05, 0) is 31.5 Å². The summed E-state index contributed by atoms with van der Waals surface area (Å²) in [5, 5.41) is 0.552. The van der Waals surface area contributed by atoms with Crippen LogP contribution in [0.25, 0.3) is 11.4 Å². The molecule has 1 N–H and O–H groups in total. The lowest BCUT2D eigenvalue weighted by Crippen LogP contribution is -2.16. The molecule has 0 aliphatic rings. The zero-order valence-corrected chi connectivity index (χ0v) is 12.4. The van der Waals surface area contributed by atoms with Gasteiger partial charge in [-0.25, -0.2) is 4.98 Å². The normalized spacial score (nSPS) is 10.7. The number of benzene rings is 1. The van der Waals surface area contributed by atoms with Gasteiger partial charge in [0.1, 0.15) is 5.82 Å². The summed E-state index contributed by atoms with van der Waals surface area (Å²) in [4.78, 5) is 19.1. The van der Waals surface area contributed by atoms with Crippen molar-refractivity contribution < 1.29 is 0 Å². The molecule has 0 atom stereocenters. The quantitative estimate of drug-likeness (QED) is 0.913. The number of hydrogen-bond acceptors (Lipinski definition) is 2. The Hall–Kier alpha value is -1.13. The van der Waals surface area contributed by atoms with Crippen LogP contribution in [-0.4, -0.2) is 9.97 Å². The van der Waals surface area contributed by atoms with Gasteiger partial charge in [0, 0.05) is 21.3 Å². The fourth-order valence-corrected chi connectivity index (χ4v) is 2.60. The smallest absolute Gasteiger partial charge is 0.254 e. The fraction of sp³-hybridized carbons (Fsp3) is 0.231. The first kappa shape index (κ1) is 13.3. The summed E-state index contributed by atoms with van der Waals surface area (Å²) in [5.41, 5.74) is 2.09. The minimum absolute atomic E-state index is 0.0982. The van der Waals surface area contributed by atoms with Gasteiger partial charge >= 0.3 is 0 Å². The Morgan fingerprint density at radius 1 is 1.44 bits per heavy atom. The summed E-state index contributed by atoms with van der Waals surface area (Å²) in [6, 6.07) is 5.47. The van der Waals surface area contributed by atoms with E-state index in [9.17, 15) is 4.79 Å². The molecule has 18 heavy (non-hydrogen) atoms. The van der Waals surface area contributed by atoms with Gasteiger partial charge in [0.15, 0.2) is 0 Å². The Labute approximate surface area is 118 Å². The SMILES string of the molecule is CCc1c(C)nc(-c2ccc(Br)cc2Cl)[nH]c1=O. The molecule has 2 aromatic rings. The van der Waals surface area contributed by atoms with E-state index < -0.39 is 0 Å². The molecule has 0 bridgehead atoms. The van der Waals surface area contributed by atoms with E-state index in [1.54, 1.807) is 6.07 Å². The molecular weight excluding hydrogens is 316 g/mol. The molecular formula is C13H12BrClN2O. The molecule has 5 heteroatoms. The van der Waals surface area contributed by atoms with Crippen molar-refractivity contribution in [3.8, 4) is 11.4 Å². The van der Waals surface area contributed by atoms with Crippen molar-refractivity contribution in [1.29, 1.82) is 0 Å². The molecule has 3 nitrogen and oxygen atoms in total. The van der Waals surface area contributed by atoms with Crippen LogP contribution < -0.4 is 5.56 Å². The van der Waals surface area contributed by atoms with Crippen LogP contribution in [0.1, 0.15) is 18.2 Å². The standard InChI is InChI=1S/C13H12BrClN2O/c1-3-9-7(2)16-12(17-13(9)18)10-5-4-8(14)6-11(10)15/h4-6H,3H2,1-2H3,(H,16,17,18). The maximum absolute atomic E-state index is 11.9. The highest BCUT2D eigenvalue weighted by Crippen LogP contribution is 2.27. The first-order valence-corrected chi connectivity index (χ1v) is 6.75. The van der Waals surface area contributed by atoms with Gasteiger partial charge in [0.05, 0.1) is 5.02 Å². The average molecular weight is 328 g/mol. The maximum Gasteiger partial charge on any atom is 0.254 e. The van der Waals surface area contributed by atoms with Crippen molar-refractivity contribution in [2.75, 3.05) is 0 Å². The molecule has 1 heterocycles. The van der Waals surface area contributed by atoms with Crippen LogP contribution in [-0.2, 0) is 6.42 Å². The zero-order valence-electron chi connectivity index (χ0n) is 10.1. The molecule has 1 aromatic heterocycles. The van der Waals surface area contributed by atoms with E-state index in [1.807, 2.05) is 26.0 Å². The van der Waals surface area contributed by atoms with Crippen LogP contribution in [0.15, 0.2) is 27.5 Å². The first-order chi connectivity index (χ1) is 8.52. The van der Waals surface area contributed by atoms with E-state index in [0.717, 1.165) is 15.7 Å². The number of hydrogen-bond donors (Lipinski definition) is 1. The Kier molecular flexibility index (Phi) is 3.88. The molecule has 0 amide bonds. The predicted octanol–water partition coefficient (Wildman–Crippen LogP) is 3.72. The van der Waals surface area contributed by atoms with Gasteiger partial charge in [-0.3, -0.25) is 4.79 Å². The van der Waals surface area contributed by atoms with Gasteiger partial charge in [0.2, 0.25) is 0 Å². The van der Waals surface area contributed by atoms with Crippen molar-refractivity contribution in [2.24, 2.45) is 0 Å². The Morgan fingerprint density at radius 2 is 2.17 bits per heavy atom. The second-order valence-electron chi connectivity index (χ2n) is 3.96. The van der Waals surface area contributed by atoms with Crippen LogP contribution in [0.3, 0.4) is 0 Å². The summed E-state index contributed by atoms with van der Waals surface area (Å²) >= 11 is 9.49. The molecule has 2 rings (SSSR count). The van der Waals surface area contributed by atoms with Crippen LogP contribution in [0.2, 0.25) is 5.02 Å². The van der Waals surface area contributed by atoms with E-state index >= 15 is 0 Å². The van der Waals surface area contributed by atoms with Crippen LogP contribution in [0.5, 0.6) is 0 Å². The molecule has 0 unspecified atom stereocenters. The van der Waals surface area contributed by atoms with Crippen molar-refractivity contribution in [3.63, 3.8) is 0 Å². The summed E-state index contributed by atoms with van der Waals surface area (Å²) in [7, 11) is 0. The predicted molar refractivity (Wildman–Crippen MR) is 77.1 cm³/mol. The second kappa shape index (κ2) is 5.24. The van der Waals surface area contributed by atoms with Crippen LogP contribution in [0.4, 0.5) is 0 Å². The molecule has 0 saturated carbocycles. The van der Waals surface area contributed by atoms with E-state index in [2.05, 4.69) is 25.9 Å². The summed E-state index contributed by atoms with van der Waals surface area (Å²) in [6.45, 7) is 3.77. The first-order valence-electron chi connectivity index (χ1n) is 5.58. The van der Waals surface area contributed by atoms with E-state index in [0.29, 0.717) is 22.8 Å². The largest absolute Gasteiger partial charge is 0.306 e. The van der Waals surface area contributed by atoms with E-state index in [4.69, 9.17) is 11.6 Å². The number of aromatic nitrogens is 2. The Morgan fingerprint density at radius 3 is 2.72 bits per heavy atom. The Balaban J connectivity index is 2.62. The Bertz CT molecular complexity index is 652. The van der Waals surface area contributed by atoms with E-state index in [1.165, 1.54) is 0 Å². The molecule has 1 aromatic carbocycles. The second-order valence-corrected chi connectivity index (χ2v) is 5.28. The lowest BCUT2D eigenvalue weighted by Gasteiger charge is -2.07. The molecule has 0 spiro atoms. The van der Waals surface area contributed by atoms with Gasteiger partial charge in [-0.15, -0.1) is 0 Å². The van der Waals surface area contributed by atoms with Crippen LogP contribution >= 0.6 is 27.5 Å². The van der Waals surface area contributed by atoms with Crippen molar-refractivity contribution in [1.82, 2.24) is 9.97 Å². The number of aryl methyl sites for hydroxylation is 1. The molecule has 0 radical (unpaired) electrons. The number of halogens is 2. The number of aromatic amines is 1. The highest BCUT2D eigenvalue weighted by atomic mass is 79.9. The zero-order chi connectivity index (χ0) is 13.3. The topological polar surface area (TPSA) is 45.8 Å². The van der Waals surface area contributed by atoms with Gasteiger partial charge in [0.25, 0.3) is 5.56 Å². The van der Waals surface area contributed by atoms with Crippen LogP contribution in [0, 0.1) is 6.92 Å². The number of nitrogens with zero attached hydrogens (tertiary/aromatic N) is 1. The monoisotopic (exact) mass is 326 g/mol. The van der Waals surface area contributed by atoms with Gasteiger partial charge in [-0.1, -0.05) is 34.5 Å². The van der Waals surface area contributed by atoms with Crippen molar-refractivity contribution in [3.05, 3.63) is 49.3 Å². The minimum atomic E-state index is -0.0982. The third-order valence-electron chi connectivity index (χ3n) is 2.76. The molecule has 0 aliphatic carbocycles. The highest BCUT2D eigenvalue weighted by molar-refractivity contribution is 9.10. The average Bonchev–Trinajstić information content (AvgIpc) is 2.28. The van der Waals surface area contributed by atoms with E-state index in [-0.39, 0.29) is 5.56 Å². The summed E-state index contributed by atoms with van der Waals surface area (Å²) in [6.07, 6.45) is 0.669. The molecule has 0 aliphatic heterocycles. The number of rotatable bonds is 2. The lowest BCUT2D eigenvalue weighted by molar-refractivity contribution is 0.968. The number of nitrogens with one attached hydrogen (secondary N) is 1. The number of H-pyrrole nitrogens is 1. The third kappa shape index (κ3) is 2.49. The highest BCUT2D eigenvalue weighted by Gasteiger charge is 2.10. The maximum atomic E-state index is 11.9. The molecule has 0 fully saturated rings. The summed E-state index contributed by atoms with van der Waals surface area (Å²) < 4.78 is 0.889. The summed E-state index contributed by atoms with van der Waals surface area (Å²) in [5.74, 6) is 0.507. The third-order valence-corrected chi connectivity index (χ3v) is 3.57. The van der Waals surface area contributed by atoms with Gasteiger partial charge < -0.3 is 4.98 Å². The fourth-order valence-electron chi connectivity index (χ4n) is 1.84. The van der Waals surface area contributed by atoms with Crippen molar-refractivity contribution in [2.45, 2.75) is 20.3 Å². The lowest BCUT2D eigenvalue weighted by atomic mass is 10.1.